The van der Waals surface area contributed by atoms with Gasteiger partial charge in [-0.05, 0) is 30.3 Å². The largest absolute Gasteiger partial charge is 0.451 e. The molecule has 0 spiro atoms. The molecular weight excluding hydrogens is 446 g/mol. The first-order chi connectivity index (χ1) is 14.1. The van der Waals surface area contributed by atoms with Gasteiger partial charge >= 0.3 is 12.1 Å². The van der Waals surface area contributed by atoms with Crippen molar-refractivity contribution in [3.63, 3.8) is 0 Å². The van der Waals surface area contributed by atoms with E-state index in [1.807, 2.05) is 0 Å². The van der Waals surface area contributed by atoms with Gasteiger partial charge in [-0.15, -0.1) is 0 Å². The summed E-state index contributed by atoms with van der Waals surface area (Å²) in [6.45, 7) is 0.754. The van der Waals surface area contributed by atoms with Crippen molar-refractivity contribution in [3.05, 3.63) is 57.8 Å². The molecule has 11 heteroatoms. The number of halogens is 5. The number of esters is 1. The van der Waals surface area contributed by atoms with E-state index < -0.39 is 30.2 Å². The first-order valence-corrected chi connectivity index (χ1v) is 9.60. The van der Waals surface area contributed by atoms with E-state index in [-0.39, 0.29) is 29.0 Å². The van der Waals surface area contributed by atoms with Crippen LogP contribution in [0, 0.1) is 0 Å². The van der Waals surface area contributed by atoms with E-state index in [1.165, 1.54) is 23.1 Å². The number of nitrogens with zero attached hydrogens (tertiary/aromatic N) is 3. The van der Waals surface area contributed by atoms with E-state index in [2.05, 4.69) is 4.98 Å². The minimum absolute atomic E-state index is 0.0477. The number of pyridine rings is 1. The van der Waals surface area contributed by atoms with Crippen molar-refractivity contribution >= 4 is 40.8 Å². The molecule has 0 saturated carbocycles. The standard InChI is InChI=1S/C19H16Cl2F3N3O3/c20-14-4-5-15(21)25-17(14)18(29)30-11-16(28)27-8-6-26(7-9-27)13-3-1-2-12(10-13)19(22,23)24/h1-5,10H,6-9,11H2. The smallest absolute Gasteiger partial charge is 0.416 e. The molecule has 6 nitrogen and oxygen atoms in total. The first-order valence-electron chi connectivity index (χ1n) is 8.84. The zero-order valence-electron chi connectivity index (χ0n) is 15.5. The monoisotopic (exact) mass is 461 g/mol. The second-order valence-corrected chi connectivity index (χ2v) is 7.25. The molecule has 1 saturated heterocycles. The fourth-order valence-electron chi connectivity index (χ4n) is 2.94. The van der Waals surface area contributed by atoms with Crippen molar-refractivity contribution in [2.45, 2.75) is 6.18 Å². The maximum absolute atomic E-state index is 12.9. The van der Waals surface area contributed by atoms with Crippen LogP contribution in [0.1, 0.15) is 16.1 Å². The maximum Gasteiger partial charge on any atom is 0.416 e. The molecule has 0 radical (unpaired) electrons. The summed E-state index contributed by atoms with van der Waals surface area (Å²) >= 11 is 11.6. The van der Waals surface area contributed by atoms with Gasteiger partial charge in [0.05, 0.1) is 10.6 Å². The number of hydrogen-bond acceptors (Lipinski definition) is 5. The van der Waals surface area contributed by atoms with Gasteiger partial charge in [0, 0.05) is 31.9 Å². The van der Waals surface area contributed by atoms with Gasteiger partial charge in [-0.25, -0.2) is 9.78 Å². The highest BCUT2D eigenvalue weighted by atomic mass is 35.5. The van der Waals surface area contributed by atoms with Crippen LogP contribution in [0.4, 0.5) is 18.9 Å². The van der Waals surface area contributed by atoms with E-state index in [1.54, 1.807) is 11.0 Å². The Kier molecular flexibility index (Phi) is 6.72. The Bertz CT molecular complexity index is 948. The van der Waals surface area contributed by atoms with Gasteiger partial charge < -0.3 is 14.5 Å². The number of anilines is 1. The average molecular weight is 462 g/mol. The summed E-state index contributed by atoms with van der Waals surface area (Å²) in [5.41, 5.74) is -0.477. The fourth-order valence-corrected chi connectivity index (χ4v) is 3.27. The van der Waals surface area contributed by atoms with Crippen molar-refractivity contribution in [1.82, 2.24) is 9.88 Å². The Morgan fingerprint density at radius 1 is 1.07 bits per heavy atom. The molecule has 1 aliphatic rings. The minimum Gasteiger partial charge on any atom is -0.451 e. The van der Waals surface area contributed by atoms with Gasteiger partial charge in [0.15, 0.2) is 12.3 Å². The predicted octanol–water partition coefficient (Wildman–Crippen LogP) is 3.91. The molecule has 0 bridgehead atoms. The Hall–Kier alpha value is -2.52. The SMILES string of the molecule is O=C(OCC(=O)N1CCN(c2cccc(C(F)(F)F)c2)CC1)c1nc(Cl)ccc1Cl. The van der Waals surface area contributed by atoms with E-state index in [0.29, 0.717) is 18.8 Å². The average Bonchev–Trinajstić information content (AvgIpc) is 2.73. The second-order valence-electron chi connectivity index (χ2n) is 6.46. The lowest BCUT2D eigenvalue weighted by Crippen LogP contribution is -2.50. The van der Waals surface area contributed by atoms with Crippen LogP contribution in [0.25, 0.3) is 0 Å². The van der Waals surface area contributed by atoms with Crippen LogP contribution in [0.5, 0.6) is 0 Å². The number of carbonyl (C=O) groups excluding carboxylic acids is 2. The minimum atomic E-state index is -4.42. The van der Waals surface area contributed by atoms with Crippen LogP contribution in [-0.4, -0.2) is 54.5 Å². The van der Waals surface area contributed by atoms with E-state index in [0.717, 1.165) is 12.1 Å². The summed E-state index contributed by atoms with van der Waals surface area (Å²) < 4.78 is 43.6. The number of ether oxygens (including phenoxy) is 1. The summed E-state index contributed by atoms with van der Waals surface area (Å²) in [5.74, 6) is -1.30. The number of hydrogen-bond donors (Lipinski definition) is 0. The van der Waals surface area contributed by atoms with Crippen LogP contribution in [0.15, 0.2) is 36.4 Å². The lowest BCUT2D eigenvalue weighted by Gasteiger charge is -2.36. The zero-order chi connectivity index (χ0) is 21.9. The molecule has 0 aliphatic carbocycles. The third kappa shape index (κ3) is 5.34. The molecule has 1 aliphatic heterocycles. The van der Waals surface area contributed by atoms with Crippen LogP contribution in [-0.2, 0) is 15.7 Å². The van der Waals surface area contributed by atoms with Crippen LogP contribution in [0.3, 0.4) is 0 Å². The molecule has 1 aromatic carbocycles. The van der Waals surface area contributed by atoms with Gasteiger partial charge in [0.1, 0.15) is 5.15 Å². The quantitative estimate of drug-likeness (QED) is 0.510. The second kappa shape index (κ2) is 9.09. The Morgan fingerprint density at radius 3 is 2.43 bits per heavy atom. The van der Waals surface area contributed by atoms with Crippen molar-refractivity contribution in [2.75, 3.05) is 37.7 Å². The van der Waals surface area contributed by atoms with Crippen LogP contribution >= 0.6 is 23.2 Å². The van der Waals surface area contributed by atoms with E-state index >= 15 is 0 Å². The topological polar surface area (TPSA) is 62.7 Å². The molecular formula is C19H16Cl2F3N3O3. The number of alkyl halides is 3. The third-order valence-electron chi connectivity index (χ3n) is 4.50. The first kappa shape index (κ1) is 22.2. The van der Waals surface area contributed by atoms with Gasteiger partial charge in [0.2, 0.25) is 0 Å². The van der Waals surface area contributed by atoms with E-state index in [9.17, 15) is 22.8 Å². The lowest BCUT2D eigenvalue weighted by atomic mass is 10.1. The Morgan fingerprint density at radius 2 is 1.77 bits per heavy atom. The molecule has 3 rings (SSSR count). The van der Waals surface area contributed by atoms with E-state index in [4.69, 9.17) is 27.9 Å². The molecule has 0 N–H and O–H groups in total. The highest BCUT2D eigenvalue weighted by molar-refractivity contribution is 6.34. The summed E-state index contributed by atoms with van der Waals surface area (Å²) in [6.07, 6.45) is -4.42. The van der Waals surface area contributed by atoms with Crippen LogP contribution < -0.4 is 4.90 Å². The number of aromatic nitrogens is 1. The Labute approximate surface area is 180 Å². The van der Waals surface area contributed by atoms with Crippen LogP contribution in [0.2, 0.25) is 10.2 Å². The molecule has 2 aromatic rings. The fraction of sp³-hybridized carbons (Fsp3) is 0.316. The van der Waals surface area contributed by atoms with Gasteiger partial charge in [0.25, 0.3) is 5.91 Å². The molecule has 30 heavy (non-hydrogen) atoms. The molecule has 160 valence electrons. The van der Waals surface area contributed by atoms with Crippen molar-refractivity contribution < 1.29 is 27.5 Å². The number of amides is 1. The predicted molar refractivity (Wildman–Crippen MR) is 105 cm³/mol. The summed E-state index contributed by atoms with van der Waals surface area (Å²) in [7, 11) is 0. The number of carbonyl (C=O) groups is 2. The molecule has 1 amide bonds. The number of rotatable bonds is 4. The molecule has 0 unspecified atom stereocenters. The lowest BCUT2D eigenvalue weighted by molar-refractivity contribution is -0.137. The van der Waals surface area contributed by atoms with Gasteiger partial charge in [-0.3, -0.25) is 4.79 Å². The molecule has 0 atom stereocenters. The van der Waals surface area contributed by atoms with Crippen molar-refractivity contribution in [2.24, 2.45) is 0 Å². The maximum atomic E-state index is 12.9. The summed E-state index contributed by atoms with van der Waals surface area (Å²) in [4.78, 5) is 31.4. The number of benzene rings is 1. The normalized spacial score (nSPS) is 14.6. The third-order valence-corrected chi connectivity index (χ3v) is 5.02. The highest BCUT2D eigenvalue weighted by Gasteiger charge is 2.31. The molecule has 2 heterocycles. The summed E-state index contributed by atoms with van der Waals surface area (Å²) in [5, 5.41) is 0.106. The van der Waals surface area contributed by atoms with Crippen molar-refractivity contribution in [3.8, 4) is 0 Å². The highest BCUT2D eigenvalue weighted by Crippen LogP contribution is 2.31. The molecule has 1 fully saturated rings. The number of piperazine rings is 1. The van der Waals surface area contributed by atoms with Crippen molar-refractivity contribution in [1.29, 1.82) is 0 Å². The van der Waals surface area contributed by atoms with Gasteiger partial charge in [-0.1, -0.05) is 29.3 Å². The Balaban J connectivity index is 1.53. The zero-order valence-corrected chi connectivity index (χ0v) is 17.0. The van der Waals surface area contributed by atoms with Gasteiger partial charge in [-0.2, -0.15) is 13.2 Å². The molecule has 1 aromatic heterocycles. The summed E-state index contributed by atoms with van der Waals surface area (Å²) in [6, 6.07) is 7.85.